The molecule has 1 unspecified atom stereocenters. The van der Waals surface area contributed by atoms with Crippen LogP contribution < -0.4 is 10.2 Å². The molecule has 4 heteroatoms. The van der Waals surface area contributed by atoms with Crippen molar-refractivity contribution in [2.24, 2.45) is 5.92 Å². The number of hydrogen-bond donors (Lipinski definition) is 1. The van der Waals surface area contributed by atoms with Gasteiger partial charge in [-0.1, -0.05) is 18.2 Å². The molecule has 0 spiro atoms. The van der Waals surface area contributed by atoms with Crippen LogP contribution in [0.2, 0.25) is 0 Å². The monoisotopic (exact) mass is 298 g/mol. The molecule has 1 aliphatic rings. The summed E-state index contributed by atoms with van der Waals surface area (Å²) in [4.78, 5) is 14.4. The molecule has 1 heterocycles. The molecule has 1 fully saturated rings. The highest BCUT2D eigenvalue weighted by Gasteiger charge is 2.23. The van der Waals surface area contributed by atoms with Crippen LogP contribution in [0.5, 0.6) is 0 Å². The van der Waals surface area contributed by atoms with Gasteiger partial charge < -0.3 is 10.2 Å². The van der Waals surface area contributed by atoms with Gasteiger partial charge in [0.25, 0.3) is 5.91 Å². The third-order valence-corrected chi connectivity index (χ3v) is 4.06. The molecule has 0 aromatic heterocycles. The van der Waals surface area contributed by atoms with Crippen molar-refractivity contribution in [1.29, 1.82) is 0 Å². The van der Waals surface area contributed by atoms with Crippen LogP contribution in [0, 0.1) is 11.7 Å². The fraction of sp³-hybridized carbons (Fsp3) is 0.278. The lowest BCUT2D eigenvalue weighted by Gasteiger charge is -2.18. The van der Waals surface area contributed by atoms with E-state index in [1.165, 1.54) is 30.0 Å². The number of para-hydroxylation sites is 1. The number of halogens is 1. The van der Waals surface area contributed by atoms with Crippen molar-refractivity contribution in [1.82, 2.24) is 5.32 Å². The molecule has 3 rings (SSSR count). The van der Waals surface area contributed by atoms with E-state index in [2.05, 4.69) is 22.3 Å². The average molecular weight is 298 g/mol. The van der Waals surface area contributed by atoms with E-state index in [4.69, 9.17) is 0 Å². The second-order valence-electron chi connectivity index (χ2n) is 5.65. The van der Waals surface area contributed by atoms with Crippen molar-refractivity contribution < 1.29 is 9.18 Å². The minimum absolute atomic E-state index is 0.141. The van der Waals surface area contributed by atoms with Crippen molar-refractivity contribution in [3.05, 3.63) is 66.0 Å². The largest absolute Gasteiger partial charge is 0.371 e. The molecular weight excluding hydrogens is 279 g/mol. The number of rotatable bonds is 4. The molecule has 2 aromatic rings. The number of anilines is 1. The molecule has 0 radical (unpaired) electrons. The Morgan fingerprint density at radius 3 is 2.59 bits per heavy atom. The van der Waals surface area contributed by atoms with Gasteiger partial charge in [-0.05, 0) is 48.7 Å². The first-order chi connectivity index (χ1) is 10.7. The lowest BCUT2D eigenvalue weighted by atomic mass is 10.1. The SMILES string of the molecule is O=C(NCC1CCN(c2ccccc2)C1)c1ccc(F)cc1. The number of amides is 1. The van der Waals surface area contributed by atoms with E-state index in [0.29, 0.717) is 18.0 Å². The summed E-state index contributed by atoms with van der Waals surface area (Å²) in [6, 6.07) is 15.9. The first-order valence-electron chi connectivity index (χ1n) is 7.56. The molecule has 3 nitrogen and oxygen atoms in total. The molecular formula is C18H19FN2O. The summed E-state index contributed by atoms with van der Waals surface area (Å²) in [5, 5.41) is 2.94. The van der Waals surface area contributed by atoms with Gasteiger partial charge in [0.15, 0.2) is 0 Å². The first-order valence-corrected chi connectivity index (χ1v) is 7.56. The normalized spacial score (nSPS) is 17.5. The molecule has 22 heavy (non-hydrogen) atoms. The van der Waals surface area contributed by atoms with Gasteiger partial charge in [0.05, 0.1) is 0 Å². The van der Waals surface area contributed by atoms with E-state index in [1.807, 2.05) is 18.2 Å². The number of nitrogens with one attached hydrogen (secondary N) is 1. The highest BCUT2D eigenvalue weighted by atomic mass is 19.1. The molecule has 0 bridgehead atoms. The predicted octanol–water partition coefficient (Wildman–Crippen LogP) is 3.08. The summed E-state index contributed by atoms with van der Waals surface area (Å²) in [7, 11) is 0. The van der Waals surface area contributed by atoms with Crippen LogP contribution in [-0.2, 0) is 0 Å². The van der Waals surface area contributed by atoms with Crippen molar-refractivity contribution in [2.45, 2.75) is 6.42 Å². The van der Waals surface area contributed by atoms with Crippen LogP contribution in [0.25, 0.3) is 0 Å². The summed E-state index contributed by atoms with van der Waals surface area (Å²) in [6.07, 6.45) is 1.07. The van der Waals surface area contributed by atoms with Crippen molar-refractivity contribution >= 4 is 11.6 Å². The topological polar surface area (TPSA) is 32.3 Å². The number of carbonyl (C=O) groups excluding carboxylic acids is 1. The van der Waals surface area contributed by atoms with Gasteiger partial charge in [-0.3, -0.25) is 4.79 Å². The Hall–Kier alpha value is -2.36. The molecule has 0 aliphatic carbocycles. The van der Waals surface area contributed by atoms with E-state index < -0.39 is 0 Å². The first kappa shape index (κ1) is 14.6. The maximum absolute atomic E-state index is 12.8. The van der Waals surface area contributed by atoms with E-state index in [0.717, 1.165) is 19.5 Å². The molecule has 0 saturated carbocycles. The highest BCUT2D eigenvalue weighted by Crippen LogP contribution is 2.23. The van der Waals surface area contributed by atoms with Crippen molar-refractivity contribution in [3.63, 3.8) is 0 Å². The molecule has 1 atom stereocenters. The lowest BCUT2D eigenvalue weighted by Crippen LogP contribution is -2.31. The fourth-order valence-electron chi connectivity index (χ4n) is 2.81. The molecule has 114 valence electrons. The Kier molecular flexibility index (Phi) is 4.37. The summed E-state index contributed by atoms with van der Waals surface area (Å²) in [5.41, 5.74) is 1.73. The van der Waals surface area contributed by atoms with Crippen LogP contribution in [0.15, 0.2) is 54.6 Å². The molecule has 1 N–H and O–H groups in total. The third-order valence-electron chi connectivity index (χ3n) is 4.06. The average Bonchev–Trinajstić information content (AvgIpc) is 3.03. The quantitative estimate of drug-likeness (QED) is 0.941. The minimum atomic E-state index is -0.328. The van der Waals surface area contributed by atoms with Crippen LogP contribution in [0.3, 0.4) is 0 Å². The Bertz CT molecular complexity index is 627. The number of nitrogens with zero attached hydrogens (tertiary/aromatic N) is 1. The predicted molar refractivity (Wildman–Crippen MR) is 85.5 cm³/mol. The Morgan fingerprint density at radius 2 is 1.86 bits per heavy atom. The second kappa shape index (κ2) is 6.60. The van der Waals surface area contributed by atoms with E-state index >= 15 is 0 Å². The van der Waals surface area contributed by atoms with Crippen LogP contribution in [-0.4, -0.2) is 25.5 Å². The summed E-state index contributed by atoms with van der Waals surface area (Å²) in [6.45, 7) is 2.62. The maximum Gasteiger partial charge on any atom is 0.251 e. The summed E-state index contributed by atoms with van der Waals surface area (Å²) >= 11 is 0. The van der Waals surface area contributed by atoms with Gasteiger partial charge in [-0.15, -0.1) is 0 Å². The maximum atomic E-state index is 12.8. The fourth-order valence-corrected chi connectivity index (χ4v) is 2.81. The van der Waals surface area contributed by atoms with Gasteiger partial charge in [-0.25, -0.2) is 4.39 Å². The van der Waals surface area contributed by atoms with Gasteiger partial charge in [0.1, 0.15) is 5.82 Å². The minimum Gasteiger partial charge on any atom is -0.371 e. The second-order valence-corrected chi connectivity index (χ2v) is 5.65. The van der Waals surface area contributed by atoms with Gasteiger partial charge in [-0.2, -0.15) is 0 Å². The molecule has 1 aliphatic heterocycles. The molecule has 1 amide bonds. The van der Waals surface area contributed by atoms with Crippen LogP contribution >= 0.6 is 0 Å². The summed E-state index contributed by atoms with van der Waals surface area (Å²) < 4.78 is 12.8. The number of carbonyl (C=O) groups is 1. The zero-order valence-corrected chi connectivity index (χ0v) is 12.3. The number of benzene rings is 2. The van der Waals surface area contributed by atoms with Gasteiger partial charge >= 0.3 is 0 Å². The molecule has 1 saturated heterocycles. The van der Waals surface area contributed by atoms with Crippen LogP contribution in [0.4, 0.5) is 10.1 Å². The molecule has 2 aromatic carbocycles. The van der Waals surface area contributed by atoms with Crippen molar-refractivity contribution in [2.75, 3.05) is 24.5 Å². The Balaban J connectivity index is 1.50. The Morgan fingerprint density at radius 1 is 1.14 bits per heavy atom. The van der Waals surface area contributed by atoms with Gasteiger partial charge in [0.2, 0.25) is 0 Å². The zero-order chi connectivity index (χ0) is 15.4. The van der Waals surface area contributed by atoms with Crippen LogP contribution in [0.1, 0.15) is 16.8 Å². The van der Waals surface area contributed by atoms with E-state index in [9.17, 15) is 9.18 Å². The van der Waals surface area contributed by atoms with Crippen molar-refractivity contribution in [3.8, 4) is 0 Å². The number of hydrogen-bond acceptors (Lipinski definition) is 2. The smallest absolute Gasteiger partial charge is 0.251 e. The lowest BCUT2D eigenvalue weighted by molar-refractivity contribution is 0.0948. The van der Waals surface area contributed by atoms with Gasteiger partial charge in [0, 0.05) is 30.9 Å². The standard InChI is InChI=1S/C18H19FN2O/c19-16-8-6-15(7-9-16)18(22)20-12-14-10-11-21(13-14)17-4-2-1-3-5-17/h1-9,14H,10-13H2,(H,20,22). The Labute approximate surface area is 129 Å². The van der Waals surface area contributed by atoms with E-state index in [-0.39, 0.29) is 11.7 Å². The third kappa shape index (κ3) is 3.45. The highest BCUT2D eigenvalue weighted by molar-refractivity contribution is 5.94. The zero-order valence-electron chi connectivity index (χ0n) is 12.3. The van der Waals surface area contributed by atoms with E-state index in [1.54, 1.807) is 0 Å². The summed E-state index contributed by atoms with van der Waals surface area (Å²) in [5.74, 6) is -0.0198.